The Labute approximate surface area is 147 Å². The van der Waals surface area contributed by atoms with Gasteiger partial charge in [0.15, 0.2) is 0 Å². The fourth-order valence-electron chi connectivity index (χ4n) is 3.22. The predicted octanol–water partition coefficient (Wildman–Crippen LogP) is 3.41. The third-order valence-corrected chi connectivity index (χ3v) is 4.04. The van der Waals surface area contributed by atoms with Crippen LogP contribution in [0.5, 0.6) is 0 Å². The number of carbonyl (C=O) groups is 3. The Kier molecular flexibility index (Phi) is 9.86. The Hall–Kier alpha value is -1.39. The van der Waals surface area contributed by atoms with Crippen LogP contribution in [-0.4, -0.2) is 51.6 Å². The molecule has 2 amide bonds. The van der Waals surface area contributed by atoms with Crippen LogP contribution in [0.4, 0.5) is 0 Å². The van der Waals surface area contributed by atoms with E-state index < -0.39 is 0 Å². The average Bonchev–Trinajstić information content (AvgIpc) is 2.41. The highest BCUT2D eigenvalue weighted by Crippen LogP contribution is 2.12. The summed E-state index contributed by atoms with van der Waals surface area (Å²) in [5.74, 6) is -0.00653. The van der Waals surface area contributed by atoms with E-state index in [1.54, 1.807) is 9.80 Å². The number of hydrogen-bond acceptors (Lipinski definition) is 3. The summed E-state index contributed by atoms with van der Waals surface area (Å²) in [5, 5.41) is 0. The Morgan fingerprint density at radius 1 is 0.542 bits per heavy atom. The first-order valence-corrected chi connectivity index (χ1v) is 9.13. The first kappa shape index (κ1) is 22.6. The van der Waals surface area contributed by atoms with Gasteiger partial charge < -0.3 is 9.80 Å². The van der Waals surface area contributed by atoms with Crippen molar-refractivity contribution in [2.45, 2.75) is 105 Å². The molecule has 0 aromatic rings. The predicted molar refractivity (Wildman–Crippen MR) is 97.7 cm³/mol. The molecule has 0 atom stereocenters. The molecule has 5 nitrogen and oxygen atoms in total. The highest BCUT2D eigenvalue weighted by atomic mass is 16.2. The molecule has 0 heterocycles. The molecule has 0 rings (SSSR count). The lowest BCUT2D eigenvalue weighted by Crippen LogP contribution is -2.42. The van der Waals surface area contributed by atoms with Crippen LogP contribution in [0.2, 0.25) is 0 Å². The standard InChI is InChI=1S/C19H36N2O3/c1-13(2)20(14(3)4)18(23)11-9-17(22)10-12-19(24)21(15(5)6)16(7)8/h13-16H,9-12H2,1-8H3. The van der Waals surface area contributed by atoms with Crippen LogP contribution in [0.3, 0.4) is 0 Å². The summed E-state index contributed by atoms with van der Waals surface area (Å²) < 4.78 is 0. The molecule has 5 heteroatoms. The van der Waals surface area contributed by atoms with Gasteiger partial charge in [-0.3, -0.25) is 14.4 Å². The minimum Gasteiger partial charge on any atom is -0.338 e. The van der Waals surface area contributed by atoms with Crippen LogP contribution in [0, 0.1) is 0 Å². The molecule has 0 unspecified atom stereocenters. The second-order valence-corrected chi connectivity index (χ2v) is 7.52. The van der Waals surface area contributed by atoms with E-state index in [4.69, 9.17) is 0 Å². The van der Waals surface area contributed by atoms with Crippen LogP contribution in [0.1, 0.15) is 81.1 Å². The number of amides is 2. The maximum atomic E-state index is 12.3. The third kappa shape index (κ3) is 7.45. The molecule has 0 saturated heterocycles. The van der Waals surface area contributed by atoms with Gasteiger partial charge in [0.25, 0.3) is 0 Å². The highest BCUT2D eigenvalue weighted by molar-refractivity contribution is 5.88. The van der Waals surface area contributed by atoms with E-state index >= 15 is 0 Å². The molecule has 0 aliphatic carbocycles. The largest absolute Gasteiger partial charge is 0.338 e. The van der Waals surface area contributed by atoms with Gasteiger partial charge in [-0.15, -0.1) is 0 Å². The minimum absolute atomic E-state index is 0.00524. The van der Waals surface area contributed by atoms with Crippen LogP contribution < -0.4 is 0 Å². The van der Waals surface area contributed by atoms with Crippen molar-refractivity contribution in [2.75, 3.05) is 0 Å². The van der Waals surface area contributed by atoms with Crippen molar-refractivity contribution in [2.24, 2.45) is 0 Å². The molecule has 0 aliphatic heterocycles. The van der Waals surface area contributed by atoms with Gasteiger partial charge in [-0.25, -0.2) is 0 Å². The van der Waals surface area contributed by atoms with Gasteiger partial charge in [-0.05, 0) is 55.4 Å². The van der Waals surface area contributed by atoms with Crippen molar-refractivity contribution in [3.05, 3.63) is 0 Å². The molecule has 0 spiro atoms. The van der Waals surface area contributed by atoms with E-state index in [0.717, 1.165) is 0 Å². The van der Waals surface area contributed by atoms with Gasteiger partial charge in [0.2, 0.25) is 11.8 Å². The molecule has 24 heavy (non-hydrogen) atoms. The molecular weight excluding hydrogens is 304 g/mol. The van der Waals surface area contributed by atoms with Crippen LogP contribution in [0.15, 0.2) is 0 Å². The van der Waals surface area contributed by atoms with Gasteiger partial charge in [0, 0.05) is 49.9 Å². The van der Waals surface area contributed by atoms with Gasteiger partial charge in [-0.2, -0.15) is 0 Å². The van der Waals surface area contributed by atoms with E-state index in [9.17, 15) is 14.4 Å². The summed E-state index contributed by atoms with van der Waals surface area (Å²) in [5.41, 5.74) is 0. The van der Waals surface area contributed by atoms with Crippen molar-refractivity contribution in [1.82, 2.24) is 9.80 Å². The Bertz CT molecular complexity index is 374. The van der Waals surface area contributed by atoms with Crippen molar-refractivity contribution in [3.8, 4) is 0 Å². The Morgan fingerprint density at radius 2 is 0.792 bits per heavy atom. The summed E-state index contributed by atoms with van der Waals surface area (Å²) in [6.07, 6.45) is 0.875. The van der Waals surface area contributed by atoms with E-state index in [2.05, 4.69) is 0 Å². The van der Waals surface area contributed by atoms with Crippen molar-refractivity contribution < 1.29 is 14.4 Å². The number of rotatable bonds is 10. The number of hydrogen-bond donors (Lipinski definition) is 0. The van der Waals surface area contributed by atoms with Gasteiger partial charge >= 0.3 is 0 Å². The molecule has 140 valence electrons. The summed E-state index contributed by atoms with van der Waals surface area (Å²) in [6, 6.07) is 0.499. The molecule has 0 N–H and O–H groups in total. The zero-order valence-electron chi connectivity index (χ0n) is 16.8. The molecule has 0 aromatic carbocycles. The highest BCUT2D eigenvalue weighted by Gasteiger charge is 2.22. The SMILES string of the molecule is CC(C)N(C(=O)CCC(=O)CCC(=O)N(C(C)C)C(C)C)C(C)C. The lowest BCUT2D eigenvalue weighted by atomic mass is 10.1. The van der Waals surface area contributed by atoms with E-state index in [1.165, 1.54) is 0 Å². The fraction of sp³-hybridized carbons (Fsp3) is 0.842. The summed E-state index contributed by atoms with van der Waals surface area (Å²) in [4.78, 5) is 40.1. The monoisotopic (exact) mass is 340 g/mol. The first-order chi connectivity index (χ1) is 11.0. The molecule has 0 saturated carbocycles. The maximum absolute atomic E-state index is 12.3. The number of nitrogens with zero attached hydrogens (tertiary/aromatic N) is 2. The maximum Gasteiger partial charge on any atom is 0.223 e. The summed E-state index contributed by atoms with van der Waals surface area (Å²) in [6.45, 7) is 15.8. The number of ketones is 1. The first-order valence-electron chi connectivity index (χ1n) is 9.13. The minimum atomic E-state index is -0.0170. The van der Waals surface area contributed by atoms with Crippen LogP contribution in [-0.2, 0) is 14.4 Å². The van der Waals surface area contributed by atoms with Gasteiger partial charge in [0.1, 0.15) is 5.78 Å². The van der Waals surface area contributed by atoms with E-state index in [-0.39, 0.29) is 67.4 Å². The van der Waals surface area contributed by atoms with Gasteiger partial charge in [-0.1, -0.05) is 0 Å². The third-order valence-electron chi connectivity index (χ3n) is 4.04. The molecular formula is C19H36N2O3. The fourth-order valence-corrected chi connectivity index (χ4v) is 3.22. The summed E-state index contributed by atoms with van der Waals surface area (Å²) >= 11 is 0. The zero-order chi connectivity index (χ0) is 19.0. The lowest BCUT2D eigenvalue weighted by molar-refractivity contribution is -0.137. The quantitative estimate of drug-likeness (QED) is 0.612. The van der Waals surface area contributed by atoms with E-state index in [0.29, 0.717) is 0 Å². The second-order valence-electron chi connectivity index (χ2n) is 7.52. The zero-order valence-corrected chi connectivity index (χ0v) is 16.8. The van der Waals surface area contributed by atoms with E-state index in [1.807, 2.05) is 55.4 Å². The Balaban J connectivity index is 4.41. The molecule has 0 radical (unpaired) electrons. The number of Topliss-reactive ketones (excluding diaryl/α,β-unsaturated/α-hetero) is 1. The Morgan fingerprint density at radius 3 is 1.00 bits per heavy atom. The number of carbonyl (C=O) groups excluding carboxylic acids is 3. The topological polar surface area (TPSA) is 57.7 Å². The second kappa shape index (κ2) is 10.5. The van der Waals surface area contributed by atoms with Crippen molar-refractivity contribution in [3.63, 3.8) is 0 Å². The summed E-state index contributed by atoms with van der Waals surface area (Å²) in [7, 11) is 0. The molecule has 0 fully saturated rings. The van der Waals surface area contributed by atoms with Crippen molar-refractivity contribution in [1.29, 1.82) is 0 Å². The molecule has 0 aliphatic rings. The van der Waals surface area contributed by atoms with Crippen LogP contribution in [0.25, 0.3) is 0 Å². The van der Waals surface area contributed by atoms with Gasteiger partial charge in [0.05, 0.1) is 0 Å². The molecule has 0 aromatic heterocycles. The van der Waals surface area contributed by atoms with Crippen LogP contribution >= 0.6 is 0 Å². The molecule has 0 bridgehead atoms. The smallest absolute Gasteiger partial charge is 0.223 e. The van der Waals surface area contributed by atoms with Crippen molar-refractivity contribution >= 4 is 17.6 Å². The lowest BCUT2D eigenvalue weighted by Gasteiger charge is -2.31. The average molecular weight is 341 g/mol. The normalized spacial score (nSPS) is 11.5.